The Hall–Kier alpha value is -5.32. The molecule has 0 aliphatic rings. The van der Waals surface area contributed by atoms with E-state index in [1.165, 1.54) is 56.2 Å². The summed E-state index contributed by atoms with van der Waals surface area (Å²) < 4.78 is 48.6. The zero-order valence-electron chi connectivity index (χ0n) is 18.8. The van der Waals surface area contributed by atoms with Crippen LogP contribution in [0.1, 0.15) is 21.6 Å². The number of pyridine rings is 2. The number of amides is 1. The fourth-order valence-corrected chi connectivity index (χ4v) is 3.77. The molecule has 0 aliphatic heterocycles. The van der Waals surface area contributed by atoms with Gasteiger partial charge in [0.2, 0.25) is 5.88 Å². The third-order valence-corrected chi connectivity index (χ3v) is 5.30. The fourth-order valence-electron chi connectivity index (χ4n) is 3.77. The second kappa shape index (κ2) is 9.04. The Morgan fingerprint density at radius 3 is 2.54 bits per heavy atom. The minimum Gasteiger partial charge on any atom is -0.481 e. The minimum atomic E-state index is -4.94. The molecule has 0 fully saturated rings. The van der Waals surface area contributed by atoms with E-state index in [0.717, 1.165) is 11.0 Å². The molecule has 37 heavy (non-hydrogen) atoms. The average Bonchev–Trinajstić information content (AvgIpc) is 3.58. The molecule has 4 aromatic heterocycles. The predicted octanol–water partition coefficient (Wildman–Crippen LogP) is 3.55. The number of fused-ring (bicyclic) bond motifs is 1. The Kier molecular flexibility index (Phi) is 5.72. The molecule has 1 amide bonds. The lowest BCUT2D eigenvalue weighted by Gasteiger charge is -2.15. The molecule has 1 N–H and O–H groups in total. The largest absolute Gasteiger partial charge is 0.481 e. The number of ether oxygens (including phenoxy) is 1. The fraction of sp³-hybridized carbons (Fsp3) is 0.0870. The van der Waals surface area contributed by atoms with Crippen LogP contribution in [-0.2, 0) is 6.18 Å². The number of anilines is 1. The number of nitriles is 1. The number of alkyl halides is 3. The van der Waals surface area contributed by atoms with Crippen LogP contribution in [-0.4, -0.2) is 47.8 Å². The molecule has 0 unspecified atom stereocenters. The number of carbonyl (C=O) groups is 1. The maximum absolute atomic E-state index is 14.3. The van der Waals surface area contributed by atoms with Gasteiger partial charge in [0, 0.05) is 17.0 Å². The quantitative estimate of drug-likeness (QED) is 0.383. The maximum atomic E-state index is 14.3. The lowest BCUT2D eigenvalue weighted by molar-refractivity contribution is -0.143. The summed E-state index contributed by atoms with van der Waals surface area (Å²) in [5.41, 5.74) is -1.92. The van der Waals surface area contributed by atoms with E-state index in [2.05, 4.69) is 30.6 Å². The molecule has 1 aromatic carbocycles. The first-order chi connectivity index (χ1) is 17.8. The molecule has 4 heterocycles. The molecule has 0 spiro atoms. The summed E-state index contributed by atoms with van der Waals surface area (Å²) in [7, 11) is 1.40. The molecule has 14 heteroatoms. The smallest absolute Gasteiger partial charge is 0.434 e. The first-order valence-electron chi connectivity index (χ1n) is 10.5. The van der Waals surface area contributed by atoms with E-state index in [1.807, 2.05) is 6.07 Å². The van der Waals surface area contributed by atoms with E-state index in [0.29, 0.717) is 15.5 Å². The van der Waals surface area contributed by atoms with Crippen LogP contribution < -0.4 is 10.1 Å². The van der Waals surface area contributed by atoms with Gasteiger partial charge in [-0.05, 0) is 24.3 Å². The Bertz CT molecular complexity index is 1670. The van der Waals surface area contributed by atoms with Crippen molar-refractivity contribution in [2.24, 2.45) is 0 Å². The van der Waals surface area contributed by atoms with Gasteiger partial charge in [0.05, 0.1) is 48.8 Å². The highest BCUT2D eigenvalue weighted by atomic mass is 19.4. The lowest BCUT2D eigenvalue weighted by Crippen LogP contribution is -2.21. The molecule has 5 rings (SSSR count). The maximum Gasteiger partial charge on any atom is 0.434 e. The summed E-state index contributed by atoms with van der Waals surface area (Å²) in [4.78, 5) is 22.2. The Morgan fingerprint density at radius 1 is 1.05 bits per heavy atom. The van der Waals surface area contributed by atoms with Gasteiger partial charge in [0.25, 0.3) is 5.91 Å². The van der Waals surface area contributed by atoms with E-state index < -0.39 is 23.3 Å². The van der Waals surface area contributed by atoms with Crippen molar-refractivity contribution >= 4 is 22.4 Å². The number of nitrogens with zero attached hydrogens (tertiary/aromatic N) is 8. The van der Waals surface area contributed by atoms with E-state index in [4.69, 9.17) is 4.74 Å². The van der Waals surface area contributed by atoms with Crippen molar-refractivity contribution in [1.82, 2.24) is 34.7 Å². The van der Waals surface area contributed by atoms with Crippen LogP contribution in [0.5, 0.6) is 5.88 Å². The highest BCUT2D eigenvalue weighted by Crippen LogP contribution is 2.36. The highest BCUT2D eigenvalue weighted by Gasteiger charge is 2.41. The molecule has 11 nitrogen and oxygen atoms in total. The van der Waals surface area contributed by atoms with Crippen molar-refractivity contribution in [3.8, 4) is 23.5 Å². The average molecular weight is 505 g/mol. The topological polar surface area (TPSA) is 136 Å². The standard InChI is InChI=1S/C23H14F3N9O2/c1-37-22-16-3-2-4-18(15(16)5-6-28-22)34-19(23(24,25)26)17(12-32-34)21(36)33-14-9-13(10-27)20(29-11-14)35-30-7-8-31-35/h2-9,11-12H,1H3,(H,33,36). The lowest BCUT2D eigenvalue weighted by atomic mass is 10.1. The monoisotopic (exact) mass is 505 g/mol. The normalized spacial score (nSPS) is 11.3. The summed E-state index contributed by atoms with van der Waals surface area (Å²) >= 11 is 0. The van der Waals surface area contributed by atoms with E-state index in [-0.39, 0.29) is 28.6 Å². The number of methoxy groups -OCH3 is 1. The molecule has 5 aromatic rings. The summed E-state index contributed by atoms with van der Waals surface area (Å²) in [5, 5.41) is 24.3. The van der Waals surface area contributed by atoms with E-state index in [1.54, 1.807) is 6.07 Å². The first-order valence-corrected chi connectivity index (χ1v) is 10.5. The molecule has 0 bridgehead atoms. The van der Waals surface area contributed by atoms with Crippen molar-refractivity contribution in [1.29, 1.82) is 5.26 Å². The van der Waals surface area contributed by atoms with Crippen molar-refractivity contribution in [3.05, 3.63) is 78.1 Å². The number of hydrogen-bond donors (Lipinski definition) is 1. The highest BCUT2D eigenvalue weighted by molar-refractivity contribution is 6.05. The van der Waals surface area contributed by atoms with Gasteiger partial charge in [-0.25, -0.2) is 14.6 Å². The molecule has 184 valence electrons. The van der Waals surface area contributed by atoms with Gasteiger partial charge in [-0.15, -0.1) is 4.80 Å². The first kappa shape index (κ1) is 23.4. The summed E-state index contributed by atoms with van der Waals surface area (Å²) in [6, 6.07) is 9.31. The summed E-state index contributed by atoms with van der Waals surface area (Å²) in [5.74, 6) is -0.767. The number of aromatic nitrogens is 7. The predicted molar refractivity (Wildman–Crippen MR) is 122 cm³/mol. The number of nitrogens with one attached hydrogen (secondary N) is 1. The second-order valence-electron chi connectivity index (χ2n) is 7.49. The zero-order valence-corrected chi connectivity index (χ0v) is 18.8. The zero-order chi connectivity index (χ0) is 26.2. The van der Waals surface area contributed by atoms with Crippen molar-refractivity contribution < 1.29 is 22.7 Å². The molecular weight excluding hydrogens is 491 g/mol. The SMILES string of the molecule is COc1nccc2c(-n3ncc(C(=O)Nc4cnc(-n5nccn5)c(C#N)c4)c3C(F)(F)F)cccc12. The van der Waals surface area contributed by atoms with Gasteiger partial charge < -0.3 is 10.1 Å². The Labute approximate surface area is 205 Å². The van der Waals surface area contributed by atoms with Crippen LogP contribution in [0.4, 0.5) is 18.9 Å². The van der Waals surface area contributed by atoms with Gasteiger partial charge >= 0.3 is 6.18 Å². The Balaban J connectivity index is 1.56. The van der Waals surface area contributed by atoms with Crippen LogP contribution in [0, 0.1) is 11.3 Å². The molecule has 0 aliphatic carbocycles. The van der Waals surface area contributed by atoms with Crippen LogP contribution in [0.25, 0.3) is 22.3 Å². The van der Waals surface area contributed by atoms with Crippen LogP contribution >= 0.6 is 0 Å². The van der Waals surface area contributed by atoms with Crippen molar-refractivity contribution in [3.63, 3.8) is 0 Å². The summed E-state index contributed by atoms with van der Waals surface area (Å²) in [6.45, 7) is 0. The van der Waals surface area contributed by atoms with E-state index in [9.17, 15) is 23.2 Å². The van der Waals surface area contributed by atoms with Crippen molar-refractivity contribution in [2.75, 3.05) is 12.4 Å². The van der Waals surface area contributed by atoms with Gasteiger partial charge in [-0.2, -0.15) is 33.7 Å². The number of halogens is 3. The van der Waals surface area contributed by atoms with E-state index >= 15 is 0 Å². The van der Waals surface area contributed by atoms with Gasteiger partial charge in [-0.1, -0.05) is 6.07 Å². The third-order valence-electron chi connectivity index (χ3n) is 5.30. The molecule has 0 radical (unpaired) electrons. The van der Waals surface area contributed by atoms with Gasteiger partial charge in [0.1, 0.15) is 11.6 Å². The molecule has 0 atom stereocenters. The number of benzene rings is 1. The molecular formula is C23H14F3N9O2. The minimum absolute atomic E-state index is 0.000646. The second-order valence-corrected chi connectivity index (χ2v) is 7.49. The van der Waals surface area contributed by atoms with Crippen LogP contribution in [0.15, 0.2) is 61.3 Å². The van der Waals surface area contributed by atoms with Gasteiger partial charge in [0.15, 0.2) is 11.5 Å². The number of hydrogen-bond acceptors (Lipinski definition) is 8. The third kappa shape index (κ3) is 4.18. The van der Waals surface area contributed by atoms with Gasteiger partial charge in [-0.3, -0.25) is 4.79 Å². The molecule has 0 saturated heterocycles. The number of rotatable bonds is 5. The summed E-state index contributed by atoms with van der Waals surface area (Å²) in [6.07, 6.45) is 1.25. The Morgan fingerprint density at radius 2 is 1.84 bits per heavy atom. The van der Waals surface area contributed by atoms with Crippen molar-refractivity contribution in [2.45, 2.75) is 6.18 Å². The molecule has 0 saturated carbocycles. The van der Waals surface area contributed by atoms with Crippen LogP contribution in [0.3, 0.4) is 0 Å². The number of carbonyl (C=O) groups excluding carboxylic acids is 1. The van der Waals surface area contributed by atoms with Crippen LogP contribution in [0.2, 0.25) is 0 Å².